The summed E-state index contributed by atoms with van der Waals surface area (Å²) in [6, 6.07) is 0.784. The van der Waals surface area contributed by atoms with Crippen LogP contribution in [-0.2, 0) is 25.7 Å². The van der Waals surface area contributed by atoms with E-state index in [1.165, 1.54) is 36.2 Å². The van der Waals surface area contributed by atoms with E-state index in [4.69, 9.17) is 9.97 Å². The van der Waals surface area contributed by atoms with Crippen molar-refractivity contribution < 1.29 is 0 Å². The molecular formula is C18H31N3. The molecule has 21 heavy (non-hydrogen) atoms. The SMILES string of the molecule is CCc1nc(CCC(C)C)nc(CC)c1CCNC1CC1. The zero-order valence-corrected chi connectivity index (χ0v) is 14.2. The number of aromatic nitrogens is 2. The van der Waals surface area contributed by atoms with Crippen molar-refractivity contribution in [2.75, 3.05) is 6.54 Å². The van der Waals surface area contributed by atoms with Gasteiger partial charge in [-0.15, -0.1) is 0 Å². The largest absolute Gasteiger partial charge is 0.314 e. The second-order valence-corrected chi connectivity index (χ2v) is 6.63. The summed E-state index contributed by atoms with van der Waals surface area (Å²) in [4.78, 5) is 9.69. The predicted octanol–water partition coefficient (Wildman–Crippen LogP) is 3.48. The molecule has 1 aromatic heterocycles. The van der Waals surface area contributed by atoms with Gasteiger partial charge in [-0.25, -0.2) is 9.97 Å². The van der Waals surface area contributed by atoms with Crippen LogP contribution in [0.3, 0.4) is 0 Å². The molecule has 0 aromatic carbocycles. The van der Waals surface area contributed by atoms with Gasteiger partial charge in [0.05, 0.1) is 0 Å². The molecule has 1 aliphatic rings. The summed E-state index contributed by atoms with van der Waals surface area (Å²) in [5.74, 6) is 1.77. The number of rotatable bonds is 9. The highest BCUT2D eigenvalue weighted by atomic mass is 14.9. The van der Waals surface area contributed by atoms with E-state index < -0.39 is 0 Å². The van der Waals surface area contributed by atoms with Crippen LogP contribution in [0.1, 0.15) is 69.7 Å². The van der Waals surface area contributed by atoms with E-state index >= 15 is 0 Å². The normalized spacial score (nSPS) is 14.9. The molecule has 3 nitrogen and oxygen atoms in total. The monoisotopic (exact) mass is 289 g/mol. The Balaban J connectivity index is 2.08. The van der Waals surface area contributed by atoms with Crippen LogP contribution >= 0.6 is 0 Å². The lowest BCUT2D eigenvalue weighted by Gasteiger charge is -2.15. The third kappa shape index (κ3) is 5.06. The maximum Gasteiger partial charge on any atom is 0.128 e. The maximum atomic E-state index is 4.85. The Morgan fingerprint density at radius 3 is 2.14 bits per heavy atom. The molecule has 0 amide bonds. The highest BCUT2D eigenvalue weighted by Gasteiger charge is 2.20. The lowest BCUT2D eigenvalue weighted by Crippen LogP contribution is -2.21. The molecule has 2 rings (SSSR count). The second-order valence-electron chi connectivity index (χ2n) is 6.63. The van der Waals surface area contributed by atoms with Gasteiger partial charge in [0.1, 0.15) is 5.82 Å². The minimum atomic E-state index is 0.714. The standard InChI is InChI=1S/C18H31N3/c1-5-16-15(11-12-19-14-8-9-14)17(6-2)21-18(20-16)10-7-13(3)4/h13-14,19H,5-12H2,1-4H3. The molecule has 0 spiro atoms. The van der Waals surface area contributed by atoms with Crippen molar-refractivity contribution in [3.63, 3.8) is 0 Å². The van der Waals surface area contributed by atoms with E-state index in [2.05, 4.69) is 33.0 Å². The Morgan fingerprint density at radius 2 is 1.67 bits per heavy atom. The number of aryl methyl sites for hydroxylation is 3. The molecule has 1 fully saturated rings. The maximum absolute atomic E-state index is 4.85. The molecule has 0 radical (unpaired) electrons. The first-order valence-corrected chi connectivity index (χ1v) is 8.74. The fourth-order valence-corrected chi connectivity index (χ4v) is 2.73. The van der Waals surface area contributed by atoms with Gasteiger partial charge < -0.3 is 5.32 Å². The highest BCUT2D eigenvalue weighted by Crippen LogP contribution is 2.20. The van der Waals surface area contributed by atoms with Crippen molar-refractivity contribution in [3.8, 4) is 0 Å². The number of hydrogen-bond donors (Lipinski definition) is 1. The van der Waals surface area contributed by atoms with E-state index in [0.29, 0.717) is 5.92 Å². The molecule has 3 heteroatoms. The van der Waals surface area contributed by atoms with Crippen LogP contribution in [0.15, 0.2) is 0 Å². The molecule has 1 aliphatic carbocycles. The third-order valence-electron chi connectivity index (χ3n) is 4.23. The van der Waals surface area contributed by atoms with Crippen molar-refractivity contribution >= 4 is 0 Å². The Labute approximate surface area is 130 Å². The van der Waals surface area contributed by atoms with Crippen molar-refractivity contribution in [2.45, 2.75) is 78.7 Å². The lowest BCUT2D eigenvalue weighted by atomic mass is 10.0. The zero-order valence-electron chi connectivity index (χ0n) is 14.2. The van der Waals surface area contributed by atoms with Crippen LogP contribution in [0.25, 0.3) is 0 Å². The molecular weight excluding hydrogens is 258 g/mol. The van der Waals surface area contributed by atoms with Gasteiger partial charge in [-0.1, -0.05) is 27.7 Å². The summed E-state index contributed by atoms with van der Waals surface area (Å²) >= 11 is 0. The van der Waals surface area contributed by atoms with Crippen LogP contribution in [0, 0.1) is 5.92 Å². The third-order valence-corrected chi connectivity index (χ3v) is 4.23. The summed E-state index contributed by atoms with van der Waals surface area (Å²) in [6.07, 6.45) is 8.00. The summed E-state index contributed by atoms with van der Waals surface area (Å²) in [5, 5.41) is 3.61. The van der Waals surface area contributed by atoms with Gasteiger partial charge >= 0.3 is 0 Å². The number of nitrogens with one attached hydrogen (secondary N) is 1. The van der Waals surface area contributed by atoms with Crippen molar-refractivity contribution in [3.05, 3.63) is 22.8 Å². The Hall–Kier alpha value is -0.960. The zero-order chi connectivity index (χ0) is 15.2. The van der Waals surface area contributed by atoms with Crippen LogP contribution < -0.4 is 5.32 Å². The molecule has 0 atom stereocenters. The van der Waals surface area contributed by atoms with Gasteiger partial charge in [-0.05, 0) is 56.6 Å². The Kier molecular flexibility index (Phi) is 6.16. The molecule has 1 saturated carbocycles. The van der Waals surface area contributed by atoms with Gasteiger partial charge in [0, 0.05) is 23.9 Å². The van der Waals surface area contributed by atoms with E-state index in [1.54, 1.807) is 0 Å². The Bertz CT molecular complexity index is 425. The molecule has 0 aliphatic heterocycles. The molecule has 0 saturated heterocycles. The summed E-state index contributed by atoms with van der Waals surface area (Å²) in [7, 11) is 0. The van der Waals surface area contributed by atoms with Crippen molar-refractivity contribution in [2.24, 2.45) is 5.92 Å². The molecule has 118 valence electrons. The van der Waals surface area contributed by atoms with Crippen molar-refractivity contribution in [1.29, 1.82) is 0 Å². The van der Waals surface area contributed by atoms with E-state index in [9.17, 15) is 0 Å². The predicted molar refractivity (Wildman–Crippen MR) is 88.7 cm³/mol. The highest BCUT2D eigenvalue weighted by molar-refractivity contribution is 5.27. The number of hydrogen-bond acceptors (Lipinski definition) is 3. The molecule has 0 bridgehead atoms. The average Bonchev–Trinajstić information content (AvgIpc) is 3.29. The summed E-state index contributed by atoms with van der Waals surface area (Å²) < 4.78 is 0. The first-order chi connectivity index (χ1) is 10.1. The Morgan fingerprint density at radius 1 is 1.05 bits per heavy atom. The minimum Gasteiger partial charge on any atom is -0.314 e. The minimum absolute atomic E-state index is 0.714. The van der Waals surface area contributed by atoms with Gasteiger partial charge in [-0.3, -0.25) is 0 Å². The second kappa shape index (κ2) is 7.88. The fraction of sp³-hybridized carbons (Fsp3) is 0.778. The summed E-state index contributed by atoms with van der Waals surface area (Å²) in [6.45, 7) is 10.0. The molecule has 1 heterocycles. The molecule has 1 N–H and O–H groups in total. The summed E-state index contributed by atoms with van der Waals surface area (Å²) in [5.41, 5.74) is 3.96. The number of nitrogens with zero attached hydrogens (tertiary/aromatic N) is 2. The van der Waals surface area contributed by atoms with Crippen LogP contribution in [0.5, 0.6) is 0 Å². The first-order valence-electron chi connectivity index (χ1n) is 8.74. The van der Waals surface area contributed by atoms with Crippen molar-refractivity contribution in [1.82, 2.24) is 15.3 Å². The molecule has 1 aromatic rings. The van der Waals surface area contributed by atoms with Gasteiger partial charge in [-0.2, -0.15) is 0 Å². The van der Waals surface area contributed by atoms with E-state index in [1.807, 2.05) is 0 Å². The van der Waals surface area contributed by atoms with Crippen LogP contribution in [-0.4, -0.2) is 22.6 Å². The average molecular weight is 289 g/mol. The topological polar surface area (TPSA) is 37.8 Å². The fourth-order valence-electron chi connectivity index (χ4n) is 2.73. The van der Waals surface area contributed by atoms with E-state index in [-0.39, 0.29) is 0 Å². The van der Waals surface area contributed by atoms with Crippen LogP contribution in [0.4, 0.5) is 0 Å². The van der Waals surface area contributed by atoms with Crippen LogP contribution in [0.2, 0.25) is 0 Å². The van der Waals surface area contributed by atoms with Gasteiger partial charge in [0.2, 0.25) is 0 Å². The van der Waals surface area contributed by atoms with E-state index in [0.717, 1.165) is 44.1 Å². The first kappa shape index (κ1) is 16.4. The van der Waals surface area contributed by atoms with Gasteiger partial charge in [0.15, 0.2) is 0 Å². The lowest BCUT2D eigenvalue weighted by molar-refractivity contribution is 0.570. The quantitative estimate of drug-likeness (QED) is 0.756. The van der Waals surface area contributed by atoms with Gasteiger partial charge in [0.25, 0.3) is 0 Å². The molecule has 0 unspecified atom stereocenters. The smallest absolute Gasteiger partial charge is 0.128 e.